The Morgan fingerprint density at radius 1 is 0.902 bits per heavy atom. The van der Waals surface area contributed by atoms with E-state index >= 15 is 0 Å². The van der Waals surface area contributed by atoms with Crippen molar-refractivity contribution in [3.8, 4) is 11.5 Å². The zero-order valence-electron chi connectivity index (χ0n) is 24.6. The van der Waals surface area contributed by atoms with Crippen LogP contribution in [0.4, 0.5) is 5.82 Å². The standard InChI is InChI=1S/C31H39N5O4S/c1-6-26-20-29(34(3)14-13-23-9-12-27(39-4)28(19-23)40-5)33-31(32-26)41-21-24-7-10-25(11-8-24)30(38)36-17-15-35(16-18-36)22(2)37/h7-12,19-20H,6,13-18,21H2,1-5H3. The molecular weight excluding hydrogens is 538 g/mol. The molecule has 1 saturated heterocycles. The summed E-state index contributed by atoms with van der Waals surface area (Å²) in [5, 5.41) is 0.737. The van der Waals surface area contributed by atoms with Crippen LogP contribution in [0.15, 0.2) is 53.7 Å². The van der Waals surface area contributed by atoms with Crippen LogP contribution in [0.2, 0.25) is 0 Å². The van der Waals surface area contributed by atoms with E-state index in [1.54, 1.807) is 37.8 Å². The van der Waals surface area contributed by atoms with Crippen molar-refractivity contribution in [1.82, 2.24) is 19.8 Å². The molecule has 2 aromatic carbocycles. The number of ether oxygens (including phenoxy) is 2. The van der Waals surface area contributed by atoms with Crippen LogP contribution in [0.3, 0.4) is 0 Å². The SMILES string of the molecule is CCc1cc(N(C)CCc2ccc(OC)c(OC)c2)nc(SCc2ccc(C(=O)N3CCN(C(C)=O)CC3)cc2)n1. The van der Waals surface area contributed by atoms with Crippen LogP contribution < -0.4 is 14.4 Å². The first-order chi connectivity index (χ1) is 19.8. The molecule has 1 aromatic heterocycles. The van der Waals surface area contributed by atoms with Gasteiger partial charge in [-0.15, -0.1) is 0 Å². The Balaban J connectivity index is 1.34. The zero-order valence-corrected chi connectivity index (χ0v) is 25.4. The molecular formula is C31H39N5O4S. The van der Waals surface area contributed by atoms with Gasteiger partial charge in [0.15, 0.2) is 16.7 Å². The first-order valence-electron chi connectivity index (χ1n) is 13.9. The first-order valence-corrected chi connectivity index (χ1v) is 14.9. The maximum Gasteiger partial charge on any atom is 0.253 e. The number of benzene rings is 2. The Bertz CT molecular complexity index is 1340. The largest absolute Gasteiger partial charge is 0.493 e. The monoisotopic (exact) mass is 577 g/mol. The lowest BCUT2D eigenvalue weighted by atomic mass is 10.1. The molecule has 0 atom stereocenters. The predicted molar refractivity (Wildman–Crippen MR) is 162 cm³/mol. The van der Waals surface area contributed by atoms with Crippen molar-refractivity contribution in [2.24, 2.45) is 0 Å². The summed E-state index contributed by atoms with van der Waals surface area (Å²) < 4.78 is 10.8. The Kier molecular flexibility index (Phi) is 10.5. The van der Waals surface area contributed by atoms with E-state index in [-0.39, 0.29) is 11.8 Å². The highest BCUT2D eigenvalue weighted by Crippen LogP contribution is 2.28. The van der Waals surface area contributed by atoms with Crippen molar-refractivity contribution in [3.63, 3.8) is 0 Å². The molecule has 1 aliphatic heterocycles. The molecule has 0 N–H and O–H groups in total. The van der Waals surface area contributed by atoms with Gasteiger partial charge in [-0.05, 0) is 48.2 Å². The van der Waals surface area contributed by atoms with Gasteiger partial charge < -0.3 is 24.2 Å². The summed E-state index contributed by atoms with van der Waals surface area (Å²) >= 11 is 1.59. The number of hydrogen-bond donors (Lipinski definition) is 0. The number of aromatic nitrogens is 2. The van der Waals surface area contributed by atoms with E-state index < -0.39 is 0 Å². The summed E-state index contributed by atoms with van der Waals surface area (Å²) in [6.07, 6.45) is 1.66. The van der Waals surface area contributed by atoms with E-state index in [4.69, 9.17) is 19.4 Å². The van der Waals surface area contributed by atoms with E-state index in [9.17, 15) is 9.59 Å². The van der Waals surface area contributed by atoms with Gasteiger partial charge in [0.25, 0.3) is 5.91 Å². The number of nitrogens with zero attached hydrogens (tertiary/aromatic N) is 5. The van der Waals surface area contributed by atoms with E-state index in [1.165, 1.54) is 0 Å². The molecule has 4 rings (SSSR count). The van der Waals surface area contributed by atoms with Crippen molar-refractivity contribution >= 4 is 29.4 Å². The number of amides is 2. The topological polar surface area (TPSA) is 88.1 Å². The predicted octanol–water partition coefficient (Wildman–Crippen LogP) is 4.33. The van der Waals surface area contributed by atoms with E-state index in [0.717, 1.165) is 58.7 Å². The third-order valence-electron chi connectivity index (χ3n) is 7.26. The molecule has 0 saturated carbocycles. The number of hydrogen-bond acceptors (Lipinski definition) is 8. The summed E-state index contributed by atoms with van der Waals surface area (Å²) in [5.74, 6) is 3.11. The molecule has 1 fully saturated rings. The van der Waals surface area contributed by atoms with Crippen molar-refractivity contribution in [1.29, 1.82) is 0 Å². The van der Waals surface area contributed by atoms with Gasteiger partial charge in [0.2, 0.25) is 5.91 Å². The molecule has 41 heavy (non-hydrogen) atoms. The number of methoxy groups -OCH3 is 2. The molecule has 2 amide bonds. The summed E-state index contributed by atoms with van der Waals surface area (Å²) in [7, 11) is 5.33. The highest BCUT2D eigenvalue weighted by Gasteiger charge is 2.23. The van der Waals surface area contributed by atoms with Gasteiger partial charge >= 0.3 is 0 Å². The quantitative estimate of drug-likeness (QED) is 0.246. The van der Waals surface area contributed by atoms with Gasteiger partial charge in [-0.1, -0.05) is 36.9 Å². The van der Waals surface area contributed by atoms with Gasteiger partial charge in [-0.25, -0.2) is 9.97 Å². The molecule has 0 spiro atoms. The summed E-state index contributed by atoms with van der Waals surface area (Å²) in [6, 6.07) is 15.8. The number of rotatable bonds is 11. The fourth-order valence-corrected chi connectivity index (χ4v) is 5.47. The summed E-state index contributed by atoms with van der Waals surface area (Å²) in [6.45, 7) is 6.75. The fourth-order valence-electron chi connectivity index (χ4n) is 4.65. The smallest absolute Gasteiger partial charge is 0.253 e. The van der Waals surface area contributed by atoms with Gasteiger partial charge in [0, 0.05) is 69.8 Å². The lowest BCUT2D eigenvalue weighted by Gasteiger charge is -2.34. The minimum atomic E-state index is 0.00662. The molecule has 9 nitrogen and oxygen atoms in total. The van der Waals surface area contributed by atoms with Gasteiger partial charge in [0.05, 0.1) is 14.2 Å². The average Bonchev–Trinajstić information content (AvgIpc) is 3.02. The van der Waals surface area contributed by atoms with E-state index in [0.29, 0.717) is 37.5 Å². The van der Waals surface area contributed by atoms with Crippen LogP contribution in [-0.4, -0.2) is 85.6 Å². The van der Waals surface area contributed by atoms with Crippen molar-refractivity contribution in [2.45, 2.75) is 37.6 Å². The first kappa shape index (κ1) is 30.2. The van der Waals surface area contributed by atoms with E-state index in [1.807, 2.05) is 48.3 Å². The Morgan fingerprint density at radius 2 is 1.56 bits per heavy atom. The van der Waals surface area contributed by atoms with Crippen molar-refractivity contribution in [3.05, 3.63) is 70.9 Å². The maximum absolute atomic E-state index is 12.9. The highest BCUT2D eigenvalue weighted by molar-refractivity contribution is 7.98. The number of carbonyl (C=O) groups excluding carboxylic acids is 2. The van der Waals surface area contributed by atoms with Crippen LogP contribution in [0.1, 0.15) is 41.0 Å². The Morgan fingerprint density at radius 3 is 2.20 bits per heavy atom. The third kappa shape index (κ3) is 7.91. The van der Waals surface area contributed by atoms with E-state index in [2.05, 4.69) is 24.0 Å². The summed E-state index contributed by atoms with van der Waals surface area (Å²) in [5.41, 5.74) is 3.93. The fraction of sp³-hybridized carbons (Fsp3) is 0.419. The van der Waals surface area contributed by atoms with Crippen LogP contribution in [0.5, 0.6) is 11.5 Å². The lowest BCUT2D eigenvalue weighted by Crippen LogP contribution is -2.50. The van der Waals surface area contributed by atoms with Crippen LogP contribution in [0.25, 0.3) is 0 Å². The van der Waals surface area contributed by atoms with Crippen LogP contribution in [0, 0.1) is 0 Å². The number of likely N-dealkylation sites (N-methyl/N-ethyl adjacent to an activating group) is 1. The molecule has 2 heterocycles. The minimum Gasteiger partial charge on any atom is -0.493 e. The molecule has 0 aliphatic carbocycles. The Labute approximate surface area is 246 Å². The number of carbonyl (C=O) groups is 2. The second-order valence-electron chi connectivity index (χ2n) is 10.00. The van der Waals surface area contributed by atoms with Gasteiger partial charge in [-0.2, -0.15) is 0 Å². The third-order valence-corrected chi connectivity index (χ3v) is 8.18. The zero-order chi connectivity index (χ0) is 29.4. The molecule has 1 aliphatic rings. The number of anilines is 1. The van der Waals surface area contributed by atoms with Crippen LogP contribution >= 0.6 is 11.8 Å². The second kappa shape index (κ2) is 14.2. The van der Waals surface area contributed by atoms with Crippen molar-refractivity contribution < 1.29 is 19.1 Å². The second-order valence-corrected chi connectivity index (χ2v) is 10.9. The molecule has 0 radical (unpaired) electrons. The maximum atomic E-state index is 12.9. The normalized spacial score (nSPS) is 13.2. The highest BCUT2D eigenvalue weighted by atomic mass is 32.2. The molecule has 0 unspecified atom stereocenters. The van der Waals surface area contributed by atoms with Crippen molar-refractivity contribution in [2.75, 3.05) is 58.9 Å². The average molecular weight is 578 g/mol. The van der Waals surface area contributed by atoms with Gasteiger partial charge in [0.1, 0.15) is 5.82 Å². The Hall–Kier alpha value is -3.79. The number of aryl methyl sites for hydroxylation is 1. The number of thioether (sulfide) groups is 1. The molecule has 0 bridgehead atoms. The molecule has 10 heteroatoms. The summed E-state index contributed by atoms with van der Waals surface area (Å²) in [4.78, 5) is 39.8. The molecule has 218 valence electrons. The van der Waals surface area contributed by atoms with Gasteiger partial charge in [-0.3, -0.25) is 9.59 Å². The van der Waals surface area contributed by atoms with Crippen LogP contribution in [-0.2, 0) is 23.4 Å². The lowest BCUT2D eigenvalue weighted by molar-refractivity contribution is -0.130. The minimum absolute atomic E-state index is 0.00662. The molecule has 3 aromatic rings. The number of piperazine rings is 1.